The van der Waals surface area contributed by atoms with E-state index in [-0.39, 0.29) is 17.2 Å². The lowest BCUT2D eigenvalue weighted by Gasteiger charge is -2.31. The second kappa shape index (κ2) is 9.15. The summed E-state index contributed by atoms with van der Waals surface area (Å²) in [6.07, 6.45) is 3.75. The molecule has 1 amide bonds. The number of hydrogen-bond acceptors (Lipinski definition) is 3. The first-order valence-corrected chi connectivity index (χ1v) is 10.9. The van der Waals surface area contributed by atoms with Gasteiger partial charge in [-0.25, -0.2) is 8.42 Å². The van der Waals surface area contributed by atoms with Crippen molar-refractivity contribution < 1.29 is 13.2 Å². The summed E-state index contributed by atoms with van der Waals surface area (Å²) < 4.78 is 28.4. The van der Waals surface area contributed by atoms with E-state index in [1.54, 1.807) is 30.3 Å². The van der Waals surface area contributed by atoms with Gasteiger partial charge in [0.05, 0.1) is 10.9 Å². The summed E-state index contributed by atoms with van der Waals surface area (Å²) in [5, 5.41) is 2.93. The fraction of sp³-hybridized carbons (Fsp3) is 0.381. The Bertz CT molecular complexity index is 838. The molecule has 1 unspecified atom stereocenters. The zero-order valence-electron chi connectivity index (χ0n) is 15.4. The molecule has 0 saturated carbocycles. The third-order valence-corrected chi connectivity index (χ3v) is 6.81. The second-order valence-electron chi connectivity index (χ2n) is 6.82. The van der Waals surface area contributed by atoms with Crippen molar-refractivity contribution in [3.8, 4) is 0 Å². The lowest BCUT2D eigenvalue weighted by atomic mass is 10.0. The summed E-state index contributed by atoms with van der Waals surface area (Å²) in [6.45, 7) is 1.05. The monoisotopic (exact) mass is 386 g/mol. The number of carbonyl (C=O) groups excluding carboxylic acids is 1. The van der Waals surface area contributed by atoms with Crippen LogP contribution < -0.4 is 5.32 Å². The van der Waals surface area contributed by atoms with Crippen LogP contribution in [0.15, 0.2) is 65.6 Å². The van der Waals surface area contributed by atoms with Gasteiger partial charge in [-0.1, -0.05) is 61.4 Å². The van der Waals surface area contributed by atoms with Crippen molar-refractivity contribution in [2.75, 3.05) is 13.1 Å². The topological polar surface area (TPSA) is 66.5 Å². The van der Waals surface area contributed by atoms with Crippen molar-refractivity contribution in [1.29, 1.82) is 0 Å². The van der Waals surface area contributed by atoms with Gasteiger partial charge >= 0.3 is 0 Å². The van der Waals surface area contributed by atoms with E-state index >= 15 is 0 Å². The molecule has 0 aliphatic carbocycles. The fourth-order valence-electron chi connectivity index (χ4n) is 3.45. The van der Waals surface area contributed by atoms with Crippen LogP contribution in [0.5, 0.6) is 0 Å². The Morgan fingerprint density at radius 3 is 2.19 bits per heavy atom. The molecule has 1 fully saturated rings. The maximum absolute atomic E-state index is 13.4. The van der Waals surface area contributed by atoms with Crippen LogP contribution in [0.4, 0.5) is 0 Å². The average Bonchev–Trinajstić information content (AvgIpc) is 2.74. The van der Waals surface area contributed by atoms with Crippen molar-refractivity contribution in [2.24, 2.45) is 0 Å². The number of nitrogens with one attached hydrogen (secondary N) is 1. The normalized spacial score (nSPS) is 20.4. The Kier molecular flexibility index (Phi) is 6.63. The van der Waals surface area contributed by atoms with E-state index in [1.165, 1.54) is 4.31 Å². The first-order valence-electron chi connectivity index (χ1n) is 9.47. The smallest absolute Gasteiger partial charge is 0.243 e. The molecule has 27 heavy (non-hydrogen) atoms. The molecule has 3 rings (SSSR count). The molecule has 1 aliphatic heterocycles. The van der Waals surface area contributed by atoms with Crippen molar-refractivity contribution >= 4 is 15.9 Å². The average molecular weight is 387 g/mol. The van der Waals surface area contributed by atoms with Gasteiger partial charge in [-0.3, -0.25) is 4.79 Å². The Labute approximate surface area is 161 Å². The van der Waals surface area contributed by atoms with E-state index in [1.807, 2.05) is 30.3 Å². The predicted molar refractivity (Wildman–Crippen MR) is 106 cm³/mol. The van der Waals surface area contributed by atoms with Gasteiger partial charge in [0.25, 0.3) is 0 Å². The van der Waals surface area contributed by atoms with Crippen LogP contribution in [0.2, 0.25) is 0 Å². The molecule has 1 atom stereocenters. The first-order chi connectivity index (χ1) is 13.1. The molecule has 2 aromatic rings. The Balaban J connectivity index is 2.03. The number of benzene rings is 2. The number of nitrogens with zero attached hydrogens (tertiary/aromatic N) is 1. The van der Waals surface area contributed by atoms with Crippen LogP contribution in [0, 0.1) is 0 Å². The Hall–Kier alpha value is -2.18. The largest absolute Gasteiger partial charge is 0.356 e. The number of carbonyl (C=O) groups is 1. The highest BCUT2D eigenvalue weighted by Gasteiger charge is 2.33. The minimum Gasteiger partial charge on any atom is -0.356 e. The van der Waals surface area contributed by atoms with Crippen molar-refractivity contribution in [2.45, 2.75) is 43.0 Å². The van der Waals surface area contributed by atoms with E-state index in [0.717, 1.165) is 31.2 Å². The van der Waals surface area contributed by atoms with Gasteiger partial charge in [0.2, 0.25) is 15.9 Å². The van der Waals surface area contributed by atoms with Crippen LogP contribution in [0.25, 0.3) is 0 Å². The van der Waals surface area contributed by atoms with Gasteiger partial charge in [-0.05, 0) is 30.5 Å². The highest BCUT2D eigenvalue weighted by Crippen LogP contribution is 2.31. The zero-order valence-corrected chi connectivity index (χ0v) is 16.2. The molecule has 0 aromatic heterocycles. The Morgan fingerprint density at radius 1 is 0.852 bits per heavy atom. The fourth-order valence-corrected chi connectivity index (χ4v) is 5.13. The third-order valence-electron chi connectivity index (χ3n) is 4.89. The minimum atomic E-state index is -3.71. The van der Waals surface area contributed by atoms with Gasteiger partial charge < -0.3 is 5.32 Å². The molecule has 0 bridgehead atoms. The van der Waals surface area contributed by atoms with E-state index in [9.17, 15) is 13.2 Å². The zero-order chi connectivity index (χ0) is 19.1. The van der Waals surface area contributed by atoms with E-state index < -0.39 is 16.1 Å². The molecule has 6 heteroatoms. The molecule has 0 spiro atoms. The summed E-state index contributed by atoms with van der Waals surface area (Å²) in [4.78, 5) is 12.7. The van der Waals surface area contributed by atoms with Crippen LogP contribution >= 0.6 is 0 Å². The minimum absolute atomic E-state index is 0.112. The van der Waals surface area contributed by atoms with Gasteiger partial charge in [-0.15, -0.1) is 0 Å². The predicted octanol–water partition coefficient (Wildman–Crippen LogP) is 3.50. The summed E-state index contributed by atoms with van der Waals surface area (Å²) in [5.41, 5.74) is 0.839. The lowest BCUT2D eigenvalue weighted by molar-refractivity contribution is -0.122. The van der Waals surface area contributed by atoms with Crippen molar-refractivity contribution in [3.05, 3.63) is 66.2 Å². The first kappa shape index (κ1) is 19.6. The van der Waals surface area contributed by atoms with E-state index in [4.69, 9.17) is 0 Å². The van der Waals surface area contributed by atoms with Crippen LogP contribution in [0.3, 0.4) is 0 Å². The highest BCUT2D eigenvalue weighted by atomic mass is 32.2. The standard InChI is InChI=1S/C21H26N2O3S/c24-21-17-20(18-11-5-3-6-12-18)23(16-10-2-1-9-15-22-21)27(25,26)19-13-7-4-8-14-19/h3-8,11-14,20H,1-2,9-10,15-17H2,(H,22,24). The molecule has 1 N–H and O–H groups in total. The molecule has 2 aromatic carbocycles. The summed E-state index contributed by atoms with van der Waals surface area (Å²) in [6, 6.07) is 17.4. The molecular weight excluding hydrogens is 360 g/mol. The molecule has 144 valence electrons. The quantitative estimate of drug-likeness (QED) is 0.878. The second-order valence-corrected chi connectivity index (χ2v) is 8.71. The Morgan fingerprint density at radius 2 is 1.48 bits per heavy atom. The molecular formula is C21H26N2O3S. The van der Waals surface area contributed by atoms with Gasteiger partial charge in [0, 0.05) is 19.5 Å². The molecule has 5 nitrogen and oxygen atoms in total. The van der Waals surface area contributed by atoms with Crippen molar-refractivity contribution in [1.82, 2.24) is 9.62 Å². The van der Waals surface area contributed by atoms with Crippen LogP contribution in [0.1, 0.15) is 43.7 Å². The van der Waals surface area contributed by atoms with Gasteiger partial charge in [0.1, 0.15) is 0 Å². The number of amides is 1. The maximum atomic E-state index is 13.4. The van der Waals surface area contributed by atoms with Gasteiger partial charge in [0.15, 0.2) is 0 Å². The molecule has 1 heterocycles. The third kappa shape index (κ3) is 4.96. The number of rotatable bonds is 3. The summed E-state index contributed by atoms with van der Waals surface area (Å²) in [7, 11) is -3.71. The van der Waals surface area contributed by atoms with Gasteiger partial charge in [-0.2, -0.15) is 4.31 Å². The van der Waals surface area contributed by atoms with E-state index in [0.29, 0.717) is 13.1 Å². The lowest BCUT2D eigenvalue weighted by Crippen LogP contribution is -2.38. The number of hydrogen-bond donors (Lipinski definition) is 1. The maximum Gasteiger partial charge on any atom is 0.243 e. The highest BCUT2D eigenvalue weighted by molar-refractivity contribution is 7.89. The SMILES string of the molecule is O=C1CC(c2ccccc2)N(S(=O)(=O)c2ccccc2)CCCCCCN1. The van der Waals surface area contributed by atoms with Crippen LogP contribution in [-0.2, 0) is 14.8 Å². The van der Waals surface area contributed by atoms with Crippen LogP contribution in [-0.4, -0.2) is 31.7 Å². The molecule has 1 saturated heterocycles. The van der Waals surface area contributed by atoms with E-state index in [2.05, 4.69) is 5.32 Å². The molecule has 0 radical (unpaired) electrons. The summed E-state index contributed by atoms with van der Waals surface area (Å²) in [5.74, 6) is -0.112. The van der Waals surface area contributed by atoms with Crippen molar-refractivity contribution in [3.63, 3.8) is 0 Å². The number of sulfonamides is 1. The molecule has 1 aliphatic rings. The summed E-state index contributed by atoms with van der Waals surface area (Å²) >= 11 is 0.